The van der Waals surface area contributed by atoms with E-state index in [-0.39, 0.29) is 0 Å². The predicted molar refractivity (Wildman–Crippen MR) is 88.4 cm³/mol. The molecular weight excluding hydrogens is 288 g/mol. The van der Waals surface area contributed by atoms with Gasteiger partial charge in [0.25, 0.3) is 0 Å². The van der Waals surface area contributed by atoms with Gasteiger partial charge in [-0.3, -0.25) is 0 Å². The molecule has 0 aliphatic rings. The summed E-state index contributed by atoms with van der Waals surface area (Å²) in [6.07, 6.45) is -1.99. The van der Waals surface area contributed by atoms with E-state index in [0.29, 0.717) is 0 Å². The third-order valence-corrected chi connectivity index (χ3v) is 4.49. The monoisotopic (exact) mass is 306 g/mol. The summed E-state index contributed by atoms with van der Waals surface area (Å²) in [7, 11) is 0. The highest BCUT2D eigenvalue weighted by molar-refractivity contribution is 7.81. The molecular formula is C16H18O2S2. The van der Waals surface area contributed by atoms with Gasteiger partial charge in [0.05, 0.1) is 22.7 Å². The number of hydrogen-bond acceptors (Lipinski definition) is 4. The van der Waals surface area contributed by atoms with Crippen LogP contribution in [0.3, 0.4) is 0 Å². The van der Waals surface area contributed by atoms with Gasteiger partial charge in [-0.25, -0.2) is 0 Å². The summed E-state index contributed by atoms with van der Waals surface area (Å²) in [4.78, 5) is 0. The lowest BCUT2D eigenvalue weighted by Gasteiger charge is -2.27. The molecule has 0 saturated carbocycles. The fourth-order valence-corrected chi connectivity index (χ4v) is 2.77. The van der Waals surface area contributed by atoms with Crippen molar-refractivity contribution in [2.24, 2.45) is 0 Å². The van der Waals surface area contributed by atoms with E-state index in [2.05, 4.69) is 25.3 Å². The summed E-state index contributed by atoms with van der Waals surface area (Å²) in [5, 5.41) is 19.7. The molecule has 0 aromatic heterocycles. The van der Waals surface area contributed by atoms with Crippen molar-refractivity contribution in [3.63, 3.8) is 0 Å². The third kappa shape index (κ3) is 3.58. The Morgan fingerprint density at radius 1 is 0.600 bits per heavy atom. The van der Waals surface area contributed by atoms with Crippen LogP contribution in [0.5, 0.6) is 0 Å². The van der Waals surface area contributed by atoms with Gasteiger partial charge in [0, 0.05) is 0 Å². The number of benzene rings is 2. The number of rotatable bonds is 5. The van der Waals surface area contributed by atoms with E-state index in [9.17, 15) is 10.2 Å². The van der Waals surface area contributed by atoms with Crippen LogP contribution < -0.4 is 0 Å². The smallest absolute Gasteiger partial charge is 0.0969 e. The van der Waals surface area contributed by atoms with Gasteiger partial charge in [0.1, 0.15) is 0 Å². The van der Waals surface area contributed by atoms with Crippen LogP contribution in [-0.4, -0.2) is 22.4 Å². The molecule has 4 atom stereocenters. The summed E-state index contributed by atoms with van der Waals surface area (Å²) in [5.41, 5.74) is 1.74. The molecule has 0 radical (unpaired) electrons. The maximum atomic E-state index is 10.3. The maximum absolute atomic E-state index is 10.3. The van der Waals surface area contributed by atoms with Gasteiger partial charge in [-0.05, 0) is 11.1 Å². The summed E-state index contributed by atoms with van der Waals surface area (Å²) in [6, 6.07) is 18.8. The maximum Gasteiger partial charge on any atom is 0.0969 e. The molecule has 2 N–H and O–H groups in total. The van der Waals surface area contributed by atoms with Crippen molar-refractivity contribution in [1.82, 2.24) is 0 Å². The Labute approximate surface area is 130 Å². The Morgan fingerprint density at radius 2 is 0.900 bits per heavy atom. The molecule has 2 rings (SSSR count). The quantitative estimate of drug-likeness (QED) is 0.641. The number of aliphatic hydroxyl groups excluding tert-OH is 2. The van der Waals surface area contributed by atoms with E-state index in [1.165, 1.54) is 0 Å². The molecule has 4 unspecified atom stereocenters. The first-order valence-corrected chi connectivity index (χ1v) is 7.46. The summed E-state index contributed by atoms with van der Waals surface area (Å²) >= 11 is 8.83. The number of hydrogen-bond donors (Lipinski definition) is 4. The van der Waals surface area contributed by atoms with E-state index >= 15 is 0 Å². The zero-order valence-electron chi connectivity index (χ0n) is 10.9. The topological polar surface area (TPSA) is 40.5 Å². The van der Waals surface area contributed by atoms with Gasteiger partial charge < -0.3 is 10.2 Å². The lowest BCUT2D eigenvalue weighted by Crippen LogP contribution is -2.33. The molecule has 0 aliphatic heterocycles. The van der Waals surface area contributed by atoms with E-state index in [1.54, 1.807) is 0 Å². The minimum Gasteiger partial charge on any atom is -0.389 e. The number of thiol groups is 2. The molecule has 0 heterocycles. The van der Waals surface area contributed by atoms with Crippen molar-refractivity contribution in [2.45, 2.75) is 22.7 Å². The molecule has 2 aromatic rings. The first kappa shape index (κ1) is 15.4. The van der Waals surface area contributed by atoms with Crippen LogP contribution in [0.2, 0.25) is 0 Å². The second-order valence-corrected chi connectivity index (χ2v) is 5.80. The van der Waals surface area contributed by atoms with Crippen LogP contribution in [0.4, 0.5) is 0 Å². The van der Waals surface area contributed by atoms with Crippen LogP contribution in [0, 0.1) is 0 Å². The molecule has 0 amide bonds. The molecule has 0 bridgehead atoms. The minimum atomic E-state index is -0.997. The fourth-order valence-electron chi connectivity index (χ4n) is 2.07. The first-order valence-electron chi connectivity index (χ1n) is 6.43. The molecule has 4 heteroatoms. The van der Waals surface area contributed by atoms with Crippen LogP contribution in [-0.2, 0) is 0 Å². The highest BCUT2D eigenvalue weighted by atomic mass is 32.1. The Kier molecular flexibility index (Phi) is 5.54. The highest BCUT2D eigenvalue weighted by Gasteiger charge is 2.30. The van der Waals surface area contributed by atoms with E-state index in [4.69, 9.17) is 0 Å². The standard InChI is InChI=1S/C16H18O2S2/c17-13(15(19)11-7-3-1-4-8-11)14(18)16(20)12-9-5-2-6-10-12/h1-10,13-20H. The molecule has 0 aliphatic carbocycles. The zero-order chi connectivity index (χ0) is 14.5. The lowest BCUT2D eigenvalue weighted by atomic mass is 9.97. The van der Waals surface area contributed by atoms with Gasteiger partial charge in [-0.1, -0.05) is 60.7 Å². The van der Waals surface area contributed by atoms with E-state index < -0.39 is 22.7 Å². The van der Waals surface area contributed by atoms with Crippen LogP contribution >= 0.6 is 25.3 Å². The van der Waals surface area contributed by atoms with Gasteiger partial charge >= 0.3 is 0 Å². The van der Waals surface area contributed by atoms with E-state index in [0.717, 1.165) is 11.1 Å². The van der Waals surface area contributed by atoms with Crippen LogP contribution in [0.15, 0.2) is 60.7 Å². The Balaban J connectivity index is 2.10. The van der Waals surface area contributed by atoms with Crippen molar-refractivity contribution in [3.8, 4) is 0 Å². The Bertz CT molecular complexity index is 469. The van der Waals surface area contributed by atoms with Gasteiger partial charge in [0.15, 0.2) is 0 Å². The lowest BCUT2D eigenvalue weighted by molar-refractivity contribution is 0.0176. The molecule has 2 nitrogen and oxygen atoms in total. The largest absolute Gasteiger partial charge is 0.389 e. The number of aliphatic hydroxyl groups is 2. The van der Waals surface area contributed by atoms with Gasteiger partial charge in [0.2, 0.25) is 0 Å². The summed E-state index contributed by atoms with van der Waals surface area (Å²) in [5.74, 6) is 0. The molecule has 0 spiro atoms. The normalized spacial score (nSPS) is 17.2. The molecule has 0 fully saturated rings. The van der Waals surface area contributed by atoms with Crippen molar-refractivity contribution in [1.29, 1.82) is 0 Å². The Morgan fingerprint density at radius 3 is 1.20 bits per heavy atom. The van der Waals surface area contributed by atoms with Crippen molar-refractivity contribution >= 4 is 25.3 Å². The van der Waals surface area contributed by atoms with Gasteiger partial charge in [-0.2, -0.15) is 25.3 Å². The van der Waals surface area contributed by atoms with Gasteiger partial charge in [-0.15, -0.1) is 0 Å². The molecule has 106 valence electrons. The average Bonchev–Trinajstić information content (AvgIpc) is 2.53. The SMILES string of the molecule is OC(C(S)c1ccccc1)C(O)C(S)c1ccccc1. The zero-order valence-corrected chi connectivity index (χ0v) is 12.7. The highest BCUT2D eigenvalue weighted by Crippen LogP contribution is 2.32. The predicted octanol–water partition coefficient (Wildman–Crippen LogP) is 3.05. The second-order valence-electron chi connectivity index (χ2n) is 4.69. The first-order chi connectivity index (χ1) is 9.61. The molecule has 0 saturated heterocycles. The summed E-state index contributed by atoms with van der Waals surface area (Å²) < 4.78 is 0. The van der Waals surface area contributed by atoms with Crippen molar-refractivity contribution in [3.05, 3.63) is 71.8 Å². The molecule has 20 heavy (non-hydrogen) atoms. The third-order valence-electron chi connectivity index (χ3n) is 3.28. The summed E-state index contributed by atoms with van der Waals surface area (Å²) in [6.45, 7) is 0. The van der Waals surface area contributed by atoms with Crippen molar-refractivity contribution < 1.29 is 10.2 Å². The second kappa shape index (κ2) is 7.18. The van der Waals surface area contributed by atoms with Crippen molar-refractivity contribution in [2.75, 3.05) is 0 Å². The fraction of sp³-hybridized carbons (Fsp3) is 0.250. The van der Waals surface area contributed by atoms with E-state index in [1.807, 2.05) is 60.7 Å². The average molecular weight is 306 g/mol. The molecule has 2 aromatic carbocycles. The Hall–Kier alpha value is -0.940. The van der Waals surface area contributed by atoms with Crippen LogP contribution in [0.25, 0.3) is 0 Å². The van der Waals surface area contributed by atoms with Crippen LogP contribution in [0.1, 0.15) is 21.6 Å². The minimum absolute atomic E-state index is 0.454.